The Labute approximate surface area is 193 Å². The number of H-pyrrole nitrogens is 1. The molecule has 0 aliphatic carbocycles. The highest BCUT2D eigenvalue weighted by Crippen LogP contribution is 2.30. The quantitative estimate of drug-likeness (QED) is 0.360. The van der Waals surface area contributed by atoms with Crippen LogP contribution in [0.5, 0.6) is 11.6 Å². The Hall–Kier alpha value is -3.91. The number of aromatic amines is 1. The fraction of sp³-hybridized carbons (Fsp3) is 0.160. The fourth-order valence-corrected chi connectivity index (χ4v) is 4.49. The first-order valence-electron chi connectivity index (χ1n) is 10.5. The second kappa shape index (κ2) is 8.91. The molecule has 0 spiro atoms. The largest absolute Gasteiger partial charge is 0.494 e. The lowest BCUT2D eigenvalue weighted by Crippen LogP contribution is -2.04. The lowest BCUT2D eigenvalue weighted by Gasteiger charge is -2.11. The van der Waals surface area contributed by atoms with Gasteiger partial charge in [-0.1, -0.05) is 35.6 Å². The molecule has 33 heavy (non-hydrogen) atoms. The Morgan fingerprint density at radius 1 is 1.12 bits per heavy atom. The average Bonchev–Trinajstić information content (AvgIpc) is 3.36. The number of nitrogens with one attached hydrogen (secondary N) is 1. The molecular weight excluding hydrogens is 438 g/mol. The Bertz CT molecular complexity index is 1470. The topological polar surface area (TPSA) is 101 Å². The zero-order valence-electron chi connectivity index (χ0n) is 17.9. The number of hydrogen-bond donors (Lipinski definition) is 2. The molecule has 2 N–H and O–H groups in total. The first kappa shape index (κ1) is 21.0. The average molecular weight is 460 g/mol. The van der Waals surface area contributed by atoms with Crippen molar-refractivity contribution < 1.29 is 14.3 Å². The van der Waals surface area contributed by atoms with E-state index in [9.17, 15) is 9.90 Å². The van der Waals surface area contributed by atoms with Crippen LogP contribution in [0.3, 0.4) is 0 Å². The summed E-state index contributed by atoms with van der Waals surface area (Å²) in [4.78, 5) is 23.4. The van der Waals surface area contributed by atoms with Gasteiger partial charge in [-0.3, -0.25) is 14.8 Å². The Morgan fingerprint density at radius 3 is 2.76 bits per heavy atom. The van der Waals surface area contributed by atoms with Gasteiger partial charge in [-0.15, -0.1) is 0 Å². The molecule has 0 atom stereocenters. The van der Waals surface area contributed by atoms with Crippen LogP contribution in [0.25, 0.3) is 22.4 Å². The zero-order chi connectivity index (χ0) is 22.8. The van der Waals surface area contributed by atoms with Crippen LogP contribution in [0, 0.1) is 6.92 Å². The SMILES string of the molecule is Cc1oc(-c2ccccc2)nc1CCOc1ccc(Cc2sc(=O)[nH]c2O)c2ncccc12. The number of thiazole rings is 1. The Morgan fingerprint density at radius 2 is 1.97 bits per heavy atom. The van der Waals surface area contributed by atoms with Gasteiger partial charge >= 0.3 is 4.87 Å². The third-order valence-corrected chi connectivity index (χ3v) is 6.25. The summed E-state index contributed by atoms with van der Waals surface area (Å²) in [6.07, 6.45) is 2.74. The Balaban J connectivity index is 1.34. The van der Waals surface area contributed by atoms with Gasteiger partial charge in [0.1, 0.15) is 11.5 Å². The normalized spacial score (nSPS) is 11.2. The lowest BCUT2D eigenvalue weighted by molar-refractivity contribution is 0.323. The molecule has 0 saturated carbocycles. The molecule has 0 aliphatic rings. The van der Waals surface area contributed by atoms with Crippen molar-refractivity contribution in [3.8, 4) is 23.1 Å². The highest BCUT2D eigenvalue weighted by Gasteiger charge is 2.14. The van der Waals surface area contributed by atoms with Crippen molar-refractivity contribution in [2.24, 2.45) is 0 Å². The number of aryl methyl sites for hydroxylation is 1. The van der Waals surface area contributed by atoms with Crippen molar-refractivity contribution in [3.05, 3.63) is 92.4 Å². The van der Waals surface area contributed by atoms with E-state index in [1.807, 2.05) is 61.5 Å². The van der Waals surface area contributed by atoms with Crippen molar-refractivity contribution in [3.63, 3.8) is 0 Å². The molecule has 0 saturated heterocycles. The van der Waals surface area contributed by atoms with Crippen molar-refractivity contribution in [1.29, 1.82) is 0 Å². The summed E-state index contributed by atoms with van der Waals surface area (Å²) in [6.45, 7) is 2.35. The summed E-state index contributed by atoms with van der Waals surface area (Å²) in [6, 6.07) is 17.4. The van der Waals surface area contributed by atoms with Crippen LogP contribution in [0.15, 0.2) is 70.0 Å². The predicted octanol–water partition coefficient (Wildman–Crippen LogP) is 4.87. The fourth-order valence-electron chi connectivity index (χ4n) is 3.74. The molecule has 7 nitrogen and oxygen atoms in total. The number of benzene rings is 2. The van der Waals surface area contributed by atoms with E-state index < -0.39 is 0 Å². The predicted molar refractivity (Wildman–Crippen MR) is 127 cm³/mol. The van der Waals surface area contributed by atoms with Gasteiger partial charge in [-0.05, 0) is 42.8 Å². The number of nitrogens with zero attached hydrogens (tertiary/aromatic N) is 2. The van der Waals surface area contributed by atoms with Crippen LogP contribution in [0.1, 0.15) is 21.9 Å². The number of aromatic hydroxyl groups is 1. The van der Waals surface area contributed by atoms with E-state index in [0.29, 0.717) is 30.2 Å². The van der Waals surface area contributed by atoms with Gasteiger partial charge in [-0.25, -0.2) is 4.98 Å². The van der Waals surface area contributed by atoms with Gasteiger partial charge in [0.15, 0.2) is 0 Å². The van der Waals surface area contributed by atoms with E-state index in [4.69, 9.17) is 9.15 Å². The number of rotatable bonds is 7. The van der Waals surface area contributed by atoms with Crippen LogP contribution in [0.2, 0.25) is 0 Å². The van der Waals surface area contributed by atoms with Crippen molar-refractivity contribution in [1.82, 2.24) is 15.0 Å². The highest BCUT2D eigenvalue weighted by atomic mass is 32.1. The standard InChI is InChI=1S/C25H21N3O4S/c1-15-19(27-24(32-15)16-6-3-2-4-7-16)11-13-31-20-10-9-17(22-18(20)8-5-12-26-22)14-21-23(29)28-25(30)33-21/h2-10,12,29H,11,13-14H2,1H3,(H,28,30). The van der Waals surface area contributed by atoms with Gasteiger partial charge in [0.05, 0.1) is 22.7 Å². The second-order valence-corrected chi connectivity index (χ2v) is 8.64. The van der Waals surface area contributed by atoms with E-state index in [0.717, 1.165) is 50.6 Å². The van der Waals surface area contributed by atoms with Crippen molar-refractivity contribution >= 4 is 22.2 Å². The van der Waals surface area contributed by atoms with Crippen LogP contribution in [-0.4, -0.2) is 26.7 Å². The molecule has 166 valence electrons. The molecule has 0 fully saturated rings. The molecule has 0 unspecified atom stereocenters. The smallest absolute Gasteiger partial charge is 0.307 e. The van der Waals surface area contributed by atoms with Crippen LogP contribution in [-0.2, 0) is 12.8 Å². The molecule has 0 bridgehead atoms. The maximum atomic E-state index is 11.5. The first-order chi connectivity index (χ1) is 16.1. The van der Waals surface area contributed by atoms with Gasteiger partial charge in [0.25, 0.3) is 0 Å². The van der Waals surface area contributed by atoms with Crippen LogP contribution >= 0.6 is 11.3 Å². The molecule has 5 rings (SSSR count). The molecule has 5 aromatic rings. The van der Waals surface area contributed by atoms with Crippen molar-refractivity contribution in [2.45, 2.75) is 19.8 Å². The Kier molecular flexibility index (Phi) is 5.66. The van der Waals surface area contributed by atoms with E-state index in [1.165, 1.54) is 0 Å². The molecule has 8 heteroatoms. The number of aromatic nitrogens is 3. The van der Waals surface area contributed by atoms with E-state index in [1.54, 1.807) is 6.20 Å². The maximum absolute atomic E-state index is 11.5. The summed E-state index contributed by atoms with van der Waals surface area (Å²) in [7, 11) is 0. The van der Waals surface area contributed by atoms with E-state index >= 15 is 0 Å². The first-order valence-corrected chi connectivity index (χ1v) is 11.3. The van der Waals surface area contributed by atoms with E-state index in [2.05, 4.69) is 15.0 Å². The van der Waals surface area contributed by atoms with Gasteiger partial charge in [0, 0.05) is 30.0 Å². The molecular formula is C25H21N3O4S. The van der Waals surface area contributed by atoms with Crippen LogP contribution in [0.4, 0.5) is 0 Å². The van der Waals surface area contributed by atoms with Gasteiger partial charge < -0.3 is 14.3 Å². The second-order valence-electron chi connectivity index (χ2n) is 7.57. The lowest BCUT2D eigenvalue weighted by atomic mass is 10.1. The third kappa shape index (κ3) is 4.38. The zero-order valence-corrected chi connectivity index (χ0v) is 18.7. The maximum Gasteiger partial charge on any atom is 0.307 e. The number of ether oxygens (including phenoxy) is 1. The summed E-state index contributed by atoms with van der Waals surface area (Å²) in [5.41, 5.74) is 3.49. The summed E-state index contributed by atoms with van der Waals surface area (Å²) in [5.74, 6) is 2.02. The van der Waals surface area contributed by atoms with Crippen molar-refractivity contribution in [2.75, 3.05) is 6.61 Å². The van der Waals surface area contributed by atoms with Crippen LogP contribution < -0.4 is 9.61 Å². The number of oxazole rings is 1. The molecule has 0 amide bonds. The minimum Gasteiger partial charge on any atom is -0.494 e. The summed E-state index contributed by atoms with van der Waals surface area (Å²) < 4.78 is 11.9. The monoisotopic (exact) mass is 459 g/mol. The third-order valence-electron chi connectivity index (χ3n) is 5.37. The van der Waals surface area contributed by atoms with Gasteiger partial charge in [0.2, 0.25) is 11.8 Å². The molecule has 3 heterocycles. The van der Waals surface area contributed by atoms with E-state index in [-0.39, 0.29) is 10.8 Å². The number of pyridine rings is 1. The molecule has 3 aromatic heterocycles. The van der Waals surface area contributed by atoms with Gasteiger partial charge in [-0.2, -0.15) is 0 Å². The highest BCUT2D eigenvalue weighted by molar-refractivity contribution is 7.09. The molecule has 0 radical (unpaired) electrons. The molecule has 2 aromatic carbocycles. The summed E-state index contributed by atoms with van der Waals surface area (Å²) in [5, 5.41) is 10.8. The molecule has 0 aliphatic heterocycles. The number of hydrogen-bond acceptors (Lipinski definition) is 7. The minimum absolute atomic E-state index is 0.0905. The minimum atomic E-state index is -0.279. The number of fused-ring (bicyclic) bond motifs is 1. The summed E-state index contributed by atoms with van der Waals surface area (Å²) >= 11 is 0.999.